The molecule has 3 aliphatic rings. The molecule has 3 heterocycles. The van der Waals surface area contributed by atoms with Gasteiger partial charge in [0.25, 0.3) is 0 Å². The third-order valence-electron chi connectivity index (χ3n) is 13.1. The number of carbonyl (C=O) groups excluding carboxylic acids is 1. The number of ether oxygens (including phenoxy) is 3. The van der Waals surface area contributed by atoms with Crippen molar-refractivity contribution in [1.29, 1.82) is 0 Å². The van der Waals surface area contributed by atoms with Gasteiger partial charge in [0, 0.05) is 35.5 Å². The van der Waals surface area contributed by atoms with Gasteiger partial charge in [-0.3, -0.25) is 9.59 Å². The van der Waals surface area contributed by atoms with Gasteiger partial charge in [0.05, 0.1) is 36.1 Å². The zero-order chi connectivity index (χ0) is 37.4. The zero-order valence-electron chi connectivity index (χ0n) is 32.9. The van der Waals surface area contributed by atoms with Crippen LogP contribution in [0, 0.1) is 47.3 Å². The van der Waals surface area contributed by atoms with Crippen molar-refractivity contribution in [1.82, 2.24) is 0 Å². The van der Waals surface area contributed by atoms with Crippen LogP contribution in [0.2, 0.25) is 0 Å². The summed E-state index contributed by atoms with van der Waals surface area (Å²) in [4.78, 5) is 26.4. The van der Waals surface area contributed by atoms with Crippen molar-refractivity contribution >= 4 is 11.8 Å². The van der Waals surface area contributed by atoms with Gasteiger partial charge in [0.2, 0.25) is 0 Å². The number of hydrogen-bond acceptors (Lipinski definition) is 10. The summed E-state index contributed by atoms with van der Waals surface area (Å²) >= 11 is 0. The zero-order valence-corrected chi connectivity index (χ0v) is 34.9. The van der Waals surface area contributed by atoms with E-state index in [-0.39, 0.29) is 53.6 Å². The first-order valence-electron chi connectivity index (χ1n) is 19.0. The fraction of sp³-hybridized carbons (Fsp3) is 0.947. The van der Waals surface area contributed by atoms with Crippen molar-refractivity contribution in [3.8, 4) is 0 Å². The van der Waals surface area contributed by atoms with Gasteiger partial charge in [-0.2, -0.15) is 0 Å². The van der Waals surface area contributed by atoms with Gasteiger partial charge in [-0.1, -0.05) is 75.7 Å². The Kier molecular flexibility index (Phi) is 16.1. The Balaban J connectivity index is 0.00000867. The minimum atomic E-state index is -2.16. The fourth-order valence-corrected chi connectivity index (χ4v) is 9.82. The van der Waals surface area contributed by atoms with Crippen molar-refractivity contribution in [3.05, 3.63) is 0 Å². The van der Waals surface area contributed by atoms with Crippen molar-refractivity contribution in [3.63, 3.8) is 0 Å². The normalized spacial score (nSPS) is 42.6. The molecule has 0 aromatic carbocycles. The number of carboxylic acid groups (broad SMARTS) is 1. The number of aliphatic hydroxyl groups excluding tert-OH is 3. The van der Waals surface area contributed by atoms with Gasteiger partial charge >= 0.3 is 35.5 Å². The Labute approximate surface area is 322 Å². The van der Waals surface area contributed by atoms with E-state index in [0.29, 0.717) is 38.5 Å². The molecule has 3 rings (SSSR count). The Morgan fingerprint density at radius 1 is 0.920 bits per heavy atom. The van der Waals surface area contributed by atoms with Crippen molar-refractivity contribution in [2.75, 3.05) is 0 Å². The van der Waals surface area contributed by atoms with Gasteiger partial charge in [-0.15, -0.1) is 0 Å². The number of rotatable bonds is 16. The van der Waals surface area contributed by atoms with Crippen LogP contribution < -0.4 is 29.6 Å². The maximum Gasteiger partial charge on any atom is 1.00 e. The first kappa shape index (κ1) is 46.0. The molecule has 0 unspecified atom stereocenters. The van der Waals surface area contributed by atoms with Crippen LogP contribution in [0.4, 0.5) is 0 Å². The summed E-state index contributed by atoms with van der Waals surface area (Å²) in [5.41, 5.74) is -2.05. The monoisotopic (exact) mass is 723 g/mol. The van der Waals surface area contributed by atoms with Crippen LogP contribution in [0.15, 0.2) is 0 Å². The summed E-state index contributed by atoms with van der Waals surface area (Å²) in [6.07, 6.45) is -0.779. The molecule has 0 bridgehead atoms. The minimum Gasteiger partial charge on any atom is -0.481 e. The smallest absolute Gasteiger partial charge is 0.481 e. The molecule has 0 aromatic heterocycles. The fourth-order valence-electron chi connectivity index (χ4n) is 9.82. The third kappa shape index (κ3) is 7.95. The van der Waals surface area contributed by atoms with E-state index in [4.69, 9.17) is 14.2 Å². The molecule has 0 radical (unpaired) electrons. The number of hydrogen-bond donors (Lipinski definition) is 6. The summed E-state index contributed by atoms with van der Waals surface area (Å²) in [6, 6.07) is 0. The predicted octanol–water partition coefficient (Wildman–Crippen LogP) is 1.68. The van der Waals surface area contributed by atoms with Crippen LogP contribution >= 0.6 is 0 Å². The molecule has 3 fully saturated rings. The van der Waals surface area contributed by atoms with E-state index < -0.39 is 94.8 Å². The van der Waals surface area contributed by atoms with Gasteiger partial charge in [0.1, 0.15) is 17.3 Å². The average Bonchev–Trinajstić information content (AvgIpc) is 3.52. The summed E-state index contributed by atoms with van der Waals surface area (Å²) in [7, 11) is 0. The van der Waals surface area contributed by atoms with Crippen molar-refractivity contribution in [2.24, 2.45) is 47.3 Å². The van der Waals surface area contributed by atoms with Crippen LogP contribution in [0.5, 0.6) is 0 Å². The van der Waals surface area contributed by atoms with Crippen LogP contribution in [0.1, 0.15) is 128 Å². The van der Waals surface area contributed by atoms with Gasteiger partial charge in [0.15, 0.2) is 11.6 Å². The van der Waals surface area contributed by atoms with Gasteiger partial charge < -0.3 is 44.8 Å². The van der Waals surface area contributed by atoms with E-state index in [9.17, 15) is 40.2 Å². The summed E-state index contributed by atoms with van der Waals surface area (Å²) in [5.74, 6) is -10.7. The molecule has 12 heteroatoms. The molecule has 3 saturated heterocycles. The van der Waals surface area contributed by atoms with E-state index in [1.54, 1.807) is 27.7 Å². The number of aliphatic carboxylic acids is 1. The molecule has 0 aliphatic carbocycles. The first-order valence-corrected chi connectivity index (χ1v) is 19.0. The molecular weight excluding hydrogens is 655 g/mol. The Morgan fingerprint density at radius 3 is 2.00 bits per heavy atom. The van der Waals surface area contributed by atoms with E-state index in [0.717, 1.165) is 6.42 Å². The second-order valence-corrected chi connectivity index (χ2v) is 16.2. The Hall–Kier alpha value is -0.180. The molecule has 0 spiro atoms. The van der Waals surface area contributed by atoms with E-state index in [2.05, 4.69) is 0 Å². The van der Waals surface area contributed by atoms with Crippen LogP contribution in [-0.2, 0) is 23.8 Å². The molecule has 286 valence electrons. The number of carboxylic acids is 1. The van der Waals surface area contributed by atoms with Crippen molar-refractivity contribution in [2.45, 2.75) is 181 Å². The predicted molar refractivity (Wildman–Crippen MR) is 184 cm³/mol. The standard InChI is InChI=1S/C38H68O11.Na/c1-12-17-28(39)36(16-5)19-21(7)38(46,49-36)35(11)18-20(6)32(47-35)25(13-2)30(41)22(8)29(40)23(9)33-26(14-3)31(42)24(10)37(45,48-33)27(15-4)34(43)44;/h20-29,31-33,39-40,42,45-46H,12-19H2,1-11H3,(H,43,44);/q;+1/t20-,21+,22-,23-,24-,25-,26-,27-,28-,29+,31-,32-,33+,35-,36+,37+,38+;/m0./s1. The summed E-state index contributed by atoms with van der Waals surface area (Å²) in [6.45, 7) is 20.0. The van der Waals surface area contributed by atoms with E-state index in [1.807, 2.05) is 48.5 Å². The van der Waals surface area contributed by atoms with Gasteiger partial charge in [-0.25, -0.2) is 0 Å². The first-order chi connectivity index (χ1) is 22.7. The van der Waals surface area contributed by atoms with Crippen LogP contribution in [0.3, 0.4) is 0 Å². The number of carbonyl (C=O) groups is 2. The number of ketones is 1. The maximum atomic E-state index is 14.3. The van der Waals surface area contributed by atoms with Crippen molar-refractivity contribution < 1.29 is 84.0 Å². The molecule has 11 nitrogen and oxygen atoms in total. The molecule has 0 amide bonds. The summed E-state index contributed by atoms with van der Waals surface area (Å²) < 4.78 is 19.4. The minimum absolute atomic E-state index is 0. The summed E-state index contributed by atoms with van der Waals surface area (Å²) in [5, 5.41) is 67.8. The van der Waals surface area contributed by atoms with Crippen LogP contribution in [0.25, 0.3) is 0 Å². The van der Waals surface area contributed by atoms with E-state index >= 15 is 0 Å². The topological polar surface area (TPSA) is 183 Å². The molecule has 50 heavy (non-hydrogen) atoms. The second kappa shape index (κ2) is 17.5. The SMILES string of the molecule is CCC[C@H](O)[C@@]1(CC)C[C@@H](C)[C@](O)([C@]2(C)C[C@H](C)[C@@H]([C@@H](CC)C(=O)[C@@H](C)[C@@H](O)[C@H](C)[C@H]3O[C@@](O)([C@@H](CC)C(=O)O)[C@@H](C)[C@H](O)[C@@H]3CC)O2)O1.[Na+]. The molecule has 17 atom stereocenters. The third-order valence-corrected chi connectivity index (χ3v) is 13.1. The van der Waals surface area contributed by atoms with E-state index in [1.165, 1.54) is 0 Å². The Morgan fingerprint density at radius 2 is 1.52 bits per heavy atom. The molecular formula is C38H68NaO11+. The molecule has 0 aromatic rings. The molecule has 3 aliphatic heterocycles. The average molecular weight is 724 g/mol. The Bertz CT molecular complexity index is 1140. The number of Topliss-reactive ketones (excluding diaryl/α,β-unsaturated/α-hetero) is 1. The maximum absolute atomic E-state index is 14.3. The van der Waals surface area contributed by atoms with Gasteiger partial charge in [-0.05, 0) is 57.8 Å². The second-order valence-electron chi connectivity index (χ2n) is 16.2. The van der Waals surface area contributed by atoms with Crippen LogP contribution in [-0.4, -0.2) is 95.7 Å². The molecule has 6 N–H and O–H groups in total. The largest absolute Gasteiger partial charge is 1.00 e. The molecule has 0 saturated carbocycles. The quantitative estimate of drug-likeness (QED) is 0.128. The number of aliphatic hydroxyl groups is 5.